The van der Waals surface area contributed by atoms with Crippen molar-refractivity contribution in [2.45, 2.75) is 90.3 Å². The van der Waals surface area contributed by atoms with Crippen LogP contribution in [0, 0.1) is 5.92 Å². The van der Waals surface area contributed by atoms with Crippen molar-refractivity contribution in [1.29, 1.82) is 0 Å². The quantitative estimate of drug-likeness (QED) is 0.548. The normalized spacial score (nSPS) is 22.4. The molecule has 4 rings (SSSR count). The van der Waals surface area contributed by atoms with Crippen LogP contribution >= 0.6 is 0 Å². The topological polar surface area (TPSA) is 139 Å². The highest BCUT2D eigenvalue weighted by Gasteiger charge is 2.44. The van der Waals surface area contributed by atoms with Crippen molar-refractivity contribution in [3.05, 3.63) is 35.4 Å². The van der Waals surface area contributed by atoms with E-state index >= 15 is 0 Å². The van der Waals surface area contributed by atoms with Crippen molar-refractivity contribution in [3.8, 4) is 0 Å². The summed E-state index contributed by atoms with van der Waals surface area (Å²) in [4.78, 5) is 52.5. The van der Waals surface area contributed by atoms with Crippen LogP contribution in [-0.4, -0.2) is 71.7 Å². The molecule has 2 unspecified atom stereocenters. The summed E-state index contributed by atoms with van der Waals surface area (Å²) in [5.74, 6) is -0.891. The van der Waals surface area contributed by atoms with Gasteiger partial charge in [-0.25, -0.2) is 0 Å². The lowest BCUT2D eigenvalue weighted by atomic mass is 10.0. The SMILES string of the molecule is CCC(=O)NC1CN(C(=O)CC(C)C)CC[C@H]2CCC(C(N)=O)N2C1=O.CN.c1ccc2c(c1)CCC2. The van der Waals surface area contributed by atoms with Gasteiger partial charge in [-0.1, -0.05) is 45.0 Å². The largest absolute Gasteiger partial charge is 0.368 e. The van der Waals surface area contributed by atoms with Crippen molar-refractivity contribution in [1.82, 2.24) is 15.1 Å². The van der Waals surface area contributed by atoms with Gasteiger partial charge in [0.2, 0.25) is 23.6 Å². The molecule has 0 spiro atoms. The van der Waals surface area contributed by atoms with Crippen LogP contribution in [0.1, 0.15) is 70.4 Å². The van der Waals surface area contributed by atoms with Crippen LogP contribution in [0.3, 0.4) is 0 Å². The molecule has 3 aliphatic rings. The van der Waals surface area contributed by atoms with Gasteiger partial charge in [-0.05, 0) is 62.6 Å². The molecule has 9 nitrogen and oxygen atoms in total. The zero-order valence-electron chi connectivity index (χ0n) is 22.9. The first-order valence-electron chi connectivity index (χ1n) is 13.5. The second-order valence-electron chi connectivity index (χ2n) is 10.2. The third-order valence-corrected chi connectivity index (χ3v) is 7.12. The summed E-state index contributed by atoms with van der Waals surface area (Å²) in [5, 5.41) is 2.72. The van der Waals surface area contributed by atoms with Crippen LogP contribution < -0.4 is 16.8 Å². The van der Waals surface area contributed by atoms with Crippen LogP contribution in [0.25, 0.3) is 0 Å². The van der Waals surface area contributed by atoms with Crippen LogP contribution in [0.5, 0.6) is 0 Å². The second kappa shape index (κ2) is 14.7. The van der Waals surface area contributed by atoms with E-state index in [9.17, 15) is 19.2 Å². The number of benzene rings is 1. The van der Waals surface area contributed by atoms with Crippen LogP contribution in [0.15, 0.2) is 24.3 Å². The van der Waals surface area contributed by atoms with Gasteiger partial charge in [-0.2, -0.15) is 0 Å². The molecule has 5 N–H and O–H groups in total. The van der Waals surface area contributed by atoms with E-state index in [1.807, 2.05) is 13.8 Å². The number of hydrogen-bond acceptors (Lipinski definition) is 5. The lowest BCUT2D eigenvalue weighted by Gasteiger charge is -2.38. The van der Waals surface area contributed by atoms with Gasteiger partial charge in [0, 0.05) is 32.0 Å². The first-order valence-corrected chi connectivity index (χ1v) is 13.5. The minimum absolute atomic E-state index is 0.0126. The van der Waals surface area contributed by atoms with Gasteiger partial charge < -0.3 is 26.6 Å². The lowest BCUT2D eigenvalue weighted by Crippen LogP contribution is -2.60. The summed E-state index contributed by atoms with van der Waals surface area (Å²) in [6.07, 6.45) is 6.44. The molecule has 206 valence electrons. The van der Waals surface area contributed by atoms with E-state index in [1.54, 1.807) is 27.9 Å². The summed E-state index contributed by atoms with van der Waals surface area (Å²) in [6, 6.07) is 7.13. The summed E-state index contributed by atoms with van der Waals surface area (Å²) in [7, 11) is 1.50. The Bertz CT molecular complexity index is 912. The number of carbonyl (C=O) groups excluding carboxylic acids is 4. The highest BCUT2D eigenvalue weighted by atomic mass is 16.2. The fraction of sp³-hybridized carbons (Fsp3) is 0.643. The monoisotopic (exact) mass is 515 g/mol. The maximum absolute atomic E-state index is 13.1. The summed E-state index contributed by atoms with van der Waals surface area (Å²) < 4.78 is 0. The lowest BCUT2D eigenvalue weighted by molar-refractivity contribution is -0.146. The number of carbonyl (C=O) groups is 4. The number of hydrogen-bond donors (Lipinski definition) is 3. The molecule has 9 heteroatoms. The molecule has 0 aromatic heterocycles. The van der Waals surface area contributed by atoms with E-state index in [0.29, 0.717) is 32.2 Å². The third-order valence-electron chi connectivity index (χ3n) is 7.12. The van der Waals surface area contributed by atoms with Crippen molar-refractivity contribution in [2.24, 2.45) is 17.4 Å². The predicted molar refractivity (Wildman–Crippen MR) is 144 cm³/mol. The van der Waals surface area contributed by atoms with E-state index < -0.39 is 18.0 Å². The summed E-state index contributed by atoms with van der Waals surface area (Å²) >= 11 is 0. The van der Waals surface area contributed by atoms with E-state index in [1.165, 1.54) is 26.3 Å². The van der Waals surface area contributed by atoms with Crippen molar-refractivity contribution in [3.63, 3.8) is 0 Å². The van der Waals surface area contributed by atoms with Crippen molar-refractivity contribution >= 4 is 23.6 Å². The molecular weight excluding hydrogens is 470 g/mol. The zero-order chi connectivity index (χ0) is 27.5. The fourth-order valence-corrected chi connectivity index (χ4v) is 5.28. The summed E-state index contributed by atoms with van der Waals surface area (Å²) in [5.41, 5.74) is 13.1. The number of fused-ring (bicyclic) bond motifs is 2. The molecule has 0 bridgehead atoms. The highest BCUT2D eigenvalue weighted by Crippen LogP contribution is 2.29. The highest BCUT2D eigenvalue weighted by molar-refractivity contribution is 5.93. The average molecular weight is 516 g/mol. The second-order valence-corrected chi connectivity index (χ2v) is 10.2. The Morgan fingerprint density at radius 3 is 2.22 bits per heavy atom. The maximum Gasteiger partial charge on any atom is 0.247 e. The van der Waals surface area contributed by atoms with E-state index in [0.717, 1.165) is 0 Å². The van der Waals surface area contributed by atoms with Gasteiger partial charge in [0.1, 0.15) is 12.1 Å². The average Bonchev–Trinajstić information content (AvgIpc) is 3.52. The standard InChI is InChI=1S/C18H30N4O4.C9H10.CH5N/c1-4-15(23)20-13-10-21(16(24)9-11(2)3)8-7-12-5-6-14(17(19)25)22(12)18(13)26;1-2-5-9-7-3-6-8(9)4-1;1-2/h11-14H,4-10H2,1-3H3,(H2,19,25)(H,20,23);1-2,4-5H,3,6-7H2;2H2,1H3/t12-,13?,14?;;/m1../s1. The fourth-order valence-electron chi connectivity index (χ4n) is 5.28. The number of rotatable bonds is 5. The van der Waals surface area contributed by atoms with Gasteiger partial charge in [0.25, 0.3) is 0 Å². The molecule has 2 saturated heterocycles. The minimum atomic E-state index is -0.846. The number of primary amides is 1. The Kier molecular flexibility index (Phi) is 12.0. The molecule has 0 saturated carbocycles. The molecule has 1 aliphatic carbocycles. The molecule has 2 heterocycles. The Balaban J connectivity index is 0.000000360. The van der Waals surface area contributed by atoms with Gasteiger partial charge in [-0.3, -0.25) is 19.2 Å². The Hall–Kier alpha value is -2.94. The van der Waals surface area contributed by atoms with Crippen molar-refractivity contribution < 1.29 is 19.2 Å². The van der Waals surface area contributed by atoms with E-state index in [4.69, 9.17) is 5.73 Å². The van der Waals surface area contributed by atoms with Crippen LogP contribution in [0.4, 0.5) is 0 Å². The van der Waals surface area contributed by atoms with Gasteiger partial charge in [-0.15, -0.1) is 0 Å². The van der Waals surface area contributed by atoms with Crippen LogP contribution in [-0.2, 0) is 32.0 Å². The number of nitrogens with zero attached hydrogens (tertiary/aromatic N) is 2. The van der Waals surface area contributed by atoms with E-state index in [-0.39, 0.29) is 42.6 Å². The van der Waals surface area contributed by atoms with Gasteiger partial charge >= 0.3 is 0 Å². The van der Waals surface area contributed by atoms with Gasteiger partial charge in [0.15, 0.2) is 0 Å². The molecule has 3 atom stereocenters. The number of nitrogens with two attached hydrogens (primary N) is 2. The molecule has 0 radical (unpaired) electrons. The molecule has 2 aliphatic heterocycles. The van der Waals surface area contributed by atoms with E-state index in [2.05, 4.69) is 35.3 Å². The Morgan fingerprint density at radius 2 is 1.68 bits per heavy atom. The first-order chi connectivity index (χ1) is 17.7. The Morgan fingerprint density at radius 1 is 1.05 bits per heavy atom. The molecule has 1 aromatic rings. The smallest absolute Gasteiger partial charge is 0.247 e. The number of nitrogens with one attached hydrogen (secondary N) is 1. The number of aryl methyl sites for hydroxylation is 2. The molecule has 2 fully saturated rings. The predicted octanol–water partition coefficient (Wildman–Crippen LogP) is 1.75. The zero-order valence-corrected chi connectivity index (χ0v) is 22.9. The van der Waals surface area contributed by atoms with Crippen molar-refractivity contribution in [2.75, 3.05) is 20.1 Å². The molecule has 1 aromatic carbocycles. The van der Waals surface area contributed by atoms with Crippen LogP contribution in [0.2, 0.25) is 0 Å². The molecule has 37 heavy (non-hydrogen) atoms. The first kappa shape index (κ1) is 30.3. The maximum atomic E-state index is 13.1. The summed E-state index contributed by atoms with van der Waals surface area (Å²) in [6.45, 7) is 6.28. The third kappa shape index (κ3) is 8.28. The van der Waals surface area contributed by atoms with Gasteiger partial charge in [0.05, 0.1) is 0 Å². The minimum Gasteiger partial charge on any atom is -0.368 e. The molecule has 4 amide bonds. The molecular formula is C28H45N5O4. The Labute approximate surface area is 221 Å². The number of amides is 4.